The third-order valence-electron chi connectivity index (χ3n) is 4.11. The molecule has 5 heteroatoms. The summed E-state index contributed by atoms with van der Waals surface area (Å²) in [6.45, 7) is 0. The van der Waals surface area contributed by atoms with Crippen molar-refractivity contribution in [1.29, 1.82) is 0 Å². The van der Waals surface area contributed by atoms with Crippen LogP contribution in [0.5, 0.6) is 0 Å². The van der Waals surface area contributed by atoms with Gasteiger partial charge in [-0.3, -0.25) is 16.3 Å². The molecule has 1 aromatic heterocycles. The molecular weight excluding hydrogens is 441 g/mol. The summed E-state index contributed by atoms with van der Waals surface area (Å²) in [4.78, 5) is 4.64. The van der Waals surface area contributed by atoms with E-state index in [9.17, 15) is 0 Å². The maximum Gasteiger partial charge on any atom is 0.0554 e. The average Bonchev–Trinajstić information content (AvgIpc) is 2.51. The minimum atomic E-state index is 0.0864. The summed E-state index contributed by atoms with van der Waals surface area (Å²) in [5, 5.41) is 0. The minimum Gasteiger partial charge on any atom is -0.271 e. The van der Waals surface area contributed by atoms with Crippen LogP contribution in [-0.4, -0.2) is 4.98 Å². The maximum atomic E-state index is 5.92. The summed E-state index contributed by atoms with van der Waals surface area (Å²) >= 11 is 5.94. The Labute approximate surface area is 147 Å². The van der Waals surface area contributed by atoms with Gasteiger partial charge in [0.1, 0.15) is 0 Å². The third kappa shape index (κ3) is 3.16. The van der Waals surface area contributed by atoms with Crippen molar-refractivity contribution in [1.82, 2.24) is 10.4 Å². The number of fused-ring (bicyclic) bond motifs is 1. The molecule has 0 aliphatic heterocycles. The first-order valence-corrected chi connectivity index (χ1v) is 8.92. The second kappa shape index (κ2) is 6.73. The molecule has 0 amide bonds. The molecule has 3 rings (SSSR count). The zero-order chi connectivity index (χ0) is 14.8. The molecule has 1 aliphatic carbocycles. The second-order valence-corrected chi connectivity index (χ2v) is 7.43. The Morgan fingerprint density at radius 1 is 1.38 bits per heavy atom. The number of hydrogen-bond donors (Lipinski definition) is 2. The Kier molecular flexibility index (Phi) is 4.93. The number of rotatable bonds is 3. The van der Waals surface area contributed by atoms with Crippen molar-refractivity contribution in [3.05, 3.63) is 61.4 Å². The fourth-order valence-electron chi connectivity index (χ4n) is 3.15. The molecule has 0 fully saturated rings. The zero-order valence-corrected chi connectivity index (χ0v) is 15.3. The van der Waals surface area contributed by atoms with Crippen LogP contribution >= 0.6 is 38.5 Å². The van der Waals surface area contributed by atoms with Crippen LogP contribution < -0.4 is 11.3 Å². The fraction of sp³-hybridized carbons (Fsp3) is 0.312. The van der Waals surface area contributed by atoms with Crippen molar-refractivity contribution in [3.8, 4) is 0 Å². The summed E-state index contributed by atoms with van der Waals surface area (Å²) in [6.07, 6.45) is 5.30. The molecule has 2 aromatic rings. The molecule has 3 N–H and O–H groups in total. The van der Waals surface area contributed by atoms with Crippen molar-refractivity contribution in [2.75, 3.05) is 0 Å². The summed E-state index contributed by atoms with van der Waals surface area (Å²) in [5.74, 6) is 6.24. The number of hydrogen-bond acceptors (Lipinski definition) is 3. The van der Waals surface area contributed by atoms with Gasteiger partial charge < -0.3 is 0 Å². The number of aromatic nitrogens is 1. The van der Waals surface area contributed by atoms with E-state index in [1.54, 1.807) is 0 Å². The summed E-state index contributed by atoms with van der Waals surface area (Å²) in [6, 6.07) is 10.6. The van der Waals surface area contributed by atoms with Gasteiger partial charge in [0.15, 0.2) is 0 Å². The van der Waals surface area contributed by atoms with Gasteiger partial charge in [-0.05, 0) is 77.2 Å². The number of hydrazine groups is 1. The van der Waals surface area contributed by atoms with Crippen molar-refractivity contribution in [2.45, 2.75) is 31.2 Å². The normalized spacial score (nSPS) is 19.1. The van der Waals surface area contributed by atoms with Crippen LogP contribution in [0.2, 0.25) is 0 Å². The smallest absolute Gasteiger partial charge is 0.0554 e. The number of halogens is 2. The van der Waals surface area contributed by atoms with Crippen LogP contribution in [0.1, 0.15) is 41.6 Å². The van der Waals surface area contributed by atoms with E-state index >= 15 is 0 Å². The van der Waals surface area contributed by atoms with E-state index < -0.39 is 0 Å². The van der Waals surface area contributed by atoms with Gasteiger partial charge in [-0.25, -0.2) is 0 Å². The van der Waals surface area contributed by atoms with Crippen LogP contribution in [0.15, 0.2) is 41.0 Å². The van der Waals surface area contributed by atoms with Gasteiger partial charge in [0.05, 0.1) is 6.04 Å². The molecule has 0 saturated heterocycles. The Morgan fingerprint density at radius 3 is 3.05 bits per heavy atom. The van der Waals surface area contributed by atoms with Gasteiger partial charge in [0.25, 0.3) is 0 Å². The second-order valence-electron chi connectivity index (χ2n) is 5.36. The van der Waals surface area contributed by atoms with Gasteiger partial charge in [-0.15, -0.1) is 0 Å². The predicted molar refractivity (Wildman–Crippen MR) is 96.8 cm³/mol. The standard InChI is InChI=1S/C16H17BrIN3/c17-11-6-7-14(18)13(9-11)16(21-19)12-5-1-3-10-4-2-8-20-15(10)12/h2,4,6-9,12,16,21H,1,3,5,19H2. The highest BCUT2D eigenvalue weighted by Crippen LogP contribution is 2.40. The Hall–Kier alpha value is -0.500. The molecule has 3 nitrogen and oxygen atoms in total. The van der Waals surface area contributed by atoms with Crippen LogP contribution in [0.3, 0.4) is 0 Å². The first-order valence-electron chi connectivity index (χ1n) is 7.05. The monoisotopic (exact) mass is 457 g/mol. The van der Waals surface area contributed by atoms with Crippen LogP contribution in [-0.2, 0) is 6.42 Å². The van der Waals surface area contributed by atoms with E-state index in [0.29, 0.717) is 5.92 Å². The lowest BCUT2D eigenvalue weighted by molar-refractivity contribution is 0.398. The lowest BCUT2D eigenvalue weighted by atomic mass is 9.80. The number of nitrogens with one attached hydrogen (secondary N) is 1. The van der Waals surface area contributed by atoms with Crippen molar-refractivity contribution in [2.24, 2.45) is 5.84 Å². The summed E-state index contributed by atoms with van der Waals surface area (Å²) < 4.78 is 2.30. The number of nitrogens with zero attached hydrogens (tertiary/aromatic N) is 1. The van der Waals surface area contributed by atoms with Gasteiger partial charge in [-0.1, -0.05) is 22.0 Å². The fourth-order valence-corrected chi connectivity index (χ4v) is 4.20. The minimum absolute atomic E-state index is 0.0864. The van der Waals surface area contributed by atoms with Crippen LogP contribution in [0.4, 0.5) is 0 Å². The lowest BCUT2D eigenvalue weighted by Gasteiger charge is -2.32. The Balaban J connectivity index is 2.03. The van der Waals surface area contributed by atoms with E-state index in [4.69, 9.17) is 5.84 Å². The highest BCUT2D eigenvalue weighted by molar-refractivity contribution is 14.1. The molecule has 0 spiro atoms. The van der Waals surface area contributed by atoms with Crippen LogP contribution in [0, 0.1) is 3.57 Å². The number of nitrogens with two attached hydrogens (primary N) is 1. The maximum absolute atomic E-state index is 5.92. The first kappa shape index (κ1) is 15.4. The largest absolute Gasteiger partial charge is 0.271 e. The lowest BCUT2D eigenvalue weighted by Crippen LogP contribution is -2.35. The molecule has 0 saturated carbocycles. The van der Waals surface area contributed by atoms with Gasteiger partial charge in [0, 0.05) is 25.9 Å². The predicted octanol–water partition coefficient (Wildman–Crippen LogP) is 4.07. The molecule has 0 bridgehead atoms. The molecular formula is C16H17BrIN3. The molecule has 21 heavy (non-hydrogen) atoms. The Bertz CT molecular complexity index is 647. The topological polar surface area (TPSA) is 50.9 Å². The van der Waals surface area contributed by atoms with Gasteiger partial charge >= 0.3 is 0 Å². The van der Waals surface area contributed by atoms with Crippen molar-refractivity contribution < 1.29 is 0 Å². The summed E-state index contributed by atoms with van der Waals surface area (Å²) in [5.41, 5.74) is 6.82. The first-order chi connectivity index (χ1) is 10.2. The molecule has 0 radical (unpaired) electrons. The van der Waals surface area contributed by atoms with E-state index in [-0.39, 0.29) is 6.04 Å². The highest BCUT2D eigenvalue weighted by atomic mass is 127. The number of aryl methyl sites for hydroxylation is 1. The van der Waals surface area contributed by atoms with E-state index in [1.807, 2.05) is 12.3 Å². The third-order valence-corrected chi connectivity index (χ3v) is 5.59. The van der Waals surface area contributed by atoms with Crippen LogP contribution in [0.25, 0.3) is 0 Å². The highest BCUT2D eigenvalue weighted by Gasteiger charge is 2.30. The summed E-state index contributed by atoms with van der Waals surface area (Å²) in [7, 11) is 0. The van der Waals surface area contributed by atoms with Gasteiger partial charge in [-0.2, -0.15) is 0 Å². The average molecular weight is 458 g/mol. The van der Waals surface area contributed by atoms with Gasteiger partial charge in [0.2, 0.25) is 0 Å². The quantitative estimate of drug-likeness (QED) is 0.415. The number of benzene rings is 1. The molecule has 2 atom stereocenters. The molecule has 2 unspecified atom stereocenters. The Morgan fingerprint density at radius 2 is 2.24 bits per heavy atom. The van der Waals surface area contributed by atoms with Crippen molar-refractivity contribution >= 4 is 38.5 Å². The van der Waals surface area contributed by atoms with E-state index in [1.165, 1.54) is 26.8 Å². The molecule has 1 heterocycles. The number of pyridine rings is 1. The van der Waals surface area contributed by atoms with E-state index in [2.05, 4.69) is 73.2 Å². The van der Waals surface area contributed by atoms with Crippen molar-refractivity contribution in [3.63, 3.8) is 0 Å². The molecule has 1 aliphatic rings. The molecule has 110 valence electrons. The SMILES string of the molecule is NNC(c1cc(Br)ccc1I)C1CCCc2cccnc21. The van der Waals surface area contributed by atoms with E-state index in [0.717, 1.165) is 17.3 Å². The zero-order valence-electron chi connectivity index (χ0n) is 11.5. The molecule has 1 aromatic carbocycles.